The molecular formula is C22H24N2O5. The number of hydrogen-bond acceptors (Lipinski definition) is 5. The summed E-state index contributed by atoms with van der Waals surface area (Å²) in [7, 11) is 3.05. The van der Waals surface area contributed by atoms with Crippen LogP contribution in [0.4, 0.5) is 11.4 Å². The first-order valence-corrected chi connectivity index (χ1v) is 9.11. The van der Waals surface area contributed by atoms with Crippen LogP contribution in [-0.4, -0.2) is 26.0 Å². The molecule has 29 heavy (non-hydrogen) atoms. The number of nitrogens with one attached hydrogen (secondary N) is 2. The van der Waals surface area contributed by atoms with Gasteiger partial charge >= 0.3 is 0 Å². The third-order valence-electron chi connectivity index (χ3n) is 4.38. The van der Waals surface area contributed by atoms with Gasteiger partial charge in [0, 0.05) is 16.9 Å². The highest BCUT2D eigenvalue weighted by atomic mass is 16.5. The van der Waals surface area contributed by atoms with E-state index in [0.29, 0.717) is 33.8 Å². The topological polar surface area (TPSA) is 89.8 Å². The van der Waals surface area contributed by atoms with Gasteiger partial charge in [0.05, 0.1) is 19.9 Å². The number of methoxy groups -OCH3 is 2. The lowest BCUT2D eigenvalue weighted by Gasteiger charge is -2.17. The lowest BCUT2D eigenvalue weighted by atomic mass is 9.95. The first-order valence-electron chi connectivity index (χ1n) is 9.11. The van der Waals surface area contributed by atoms with Crippen molar-refractivity contribution in [3.63, 3.8) is 0 Å². The molecule has 0 aliphatic heterocycles. The molecule has 7 heteroatoms. The minimum Gasteiger partial charge on any atom is -0.497 e. The Kier molecular flexibility index (Phi) is 5.50. The van der Waals surface area contributed by atoms with Crippen molar-refractivity contribution in [3.8, 4) is 11.5 Å². The van der Waals surface area contributed by atoms with Gasteiger partial charge in [0.25, 0.3) is 5.91 Å². The molecule has 1 heterocycles. The molecule has 0 atom stereocenters. The highest BCUT2D eigenvalue weighted by molar-refractivity contribution is 6.15. The van der Waals surface area contributed by atoms with E-state index in [1.807, 2.05) is 6.07 Å². The fourth-order valence-electron chi connectivity index (χ4n) is 2.71. The Balaban J connectivity index is 2.00. The molecule has 0 saturated carbocycles. The van der Waals surface area contributed by atoms with Gasteiger partial charge in [-0.1, -0.05) is 32.9 Å². The quantitative estimate of drug-likeness (QED) is 0.653. The maximum atomic E-state index is 13.0. The van der Waals surface area contributed by atoms with Crippen molar-refractivity contribution in [3.05, 3.63) is 48.2 Å². The van der Waals surface area contributed by atoms with Crippen LogP contribution in [0, 0.1) is 5.41 Å². The van der Waals surface area contributed by atoms with E-state index < -0.39 is 11.3 Å². The zero-order valence-corrected chi connectivity index (χ0v) is 17.1. The third-order valence-corrected chi connectivity index (χ3v) is 4.38. The number of amides is 2. The van der Waals surface area contributed by atoms with Crippen molar-refractivity contribution in [2.45, 2.75) is 20.8 Å². The van der Waals surface area contributed by atoms with Gasteiger partial charge in [-0.3, -0.25) is 9.59 Å². The highest BCUT2D eigenvalue weighted by Gasteiger charge is 2.27. The summed E-state index contributed by atoms with van der Waals surface area (Å²) in [6.45, 7) is 5.39. The monoisotopic (exact) mass is 396 g/mol. The maximum Gasteiger partial charge on any atom is 0.293 e. The molecule has 0 unspecified atom stereocenters. The van der Waals surface area contributed by atoms with Crippen LogP contribution in [0.3, 0.4) is 0 Å². The molecular weight excluding hydrogens is 372 g/mol. The Hall–Kier alpha value is -3.48. The van der Waals surface area contributed by atoms with E-state index in [1.165, 1.54) is 7.11 Å². The van der Waals surface area contributed by atoms with Crippen molar-refractivity contribution in [1.82, 2.24) is 0 Å². The molecule has 0 bridgehead atoms. The van der Waals surface area contributed by atoms with Gasteiger partial charge in [0.15, 0.2) is 0 Å². The van der Waals surface area contributed by atoms with E-state index >= 15 is 0 Å². The van der Waals surface area contributed by atoms with Gasteiger partial charge in [0.1, 0.15) is 22.8 Å². The summed E-state index contributed by atoms with van der Waals surface area (Å²) in [5.74, 6) is 0.325. The lowest BCUT2D eigenvalue weighted by molar-refractivity contribution is -0.123. The predicted octanol–water partition coefficient (Wildman–Crippen LogP) is 4.69. The SMILES string of the molecule is COc1ccc(NC(=O)c2oc3ccccc3c2NC(=O)C(C)(C)C)c(OC)c1. The van der Waals surface area contributed by atoms with Gasteiger partial charge < -0.3 is 24.5 Å². The first kappa shape index (κ1) is 20.3. The average Bonchev–Trinajstić information content (AvgIpc) is 3.06. The molecule has 0 fully saturated rings. The zero-order chi connectivity index (χ0) is 21.2. The largest absolute Gasteiger partial charge is 0.497 e. The van der Waals surface area contributed by atoms with Gasteiger partial charge in [0.2, 0.25) is 11.7 Å². The summed E-state index contributed by atoms with van der Waals surface area (Å²) < 4.78 is 16.3. The Morgan fingerprint density at radius 2 is 1.69 bits per heavy atom. The summed E-state index contributed by atoms with van der Waals surface area (Å²) in [6.07, 6.45) is 0. The van der Waals surface area contributed by atoms with Crippen molar-refractivity contribution in [2.24, 2.45) is 5.41 Å². The number of para-hydroxylation sites is 1. The van der Waals surface area contributed by atoms with Crippen molar-refractivity contribution >= 4 is 34.2 Å². The van der Waals surface area contributed by atoms with E-state index in [9.17, 15) is 9.59 Å². The van der Waals surface area contributed by atoms with Gasteiger partial charge in [-0.2, -0.15) is 0 Å². The Labute approximate surface area is 169 Å². The number of fused-ring (bicyclic) bond motifs is 1. The number of carbonyl (C=O) groups is 2. The summed E-state index contributed by atoms with van der Waals surface area (Å²) in [5, 5.41) is 6.27. The van der Waals surface area contributed by atoms with Crippen LogP contribution in [0.1, 0.15) is 31.3 Å². The molecule has 2 aromatic carbocycles. The molecule has 2 amide bonds. The van der Waals surface area contributed by atoms with Crippen molar-refractivity contribution < 1.29 is 23.5 Å². The van der Waals surface area contributed by atoms with Gasteiger partial charge in [-0.25, -0.2) is 0 Å². The van der Waals surface area contributed by atoms with Crippen LogP contribution in [-0.2, 0) is 4.79 Å². The van der Waals surface area contributed by atoms with Crippen LogP contribution < -0.4 is 20.1 Å². The minimum atomic E-state index is -0.634. The number of hydrogen-bond donors (Lipinski definition) is 2. The average molecular weight is 396 g/mol. The van der Waals surface area contributed by atoms with Crippen LogP contribution in [0.15, 0.2) is 46.9 Å². The molecule has 152 valence electrons. The number of rotatable bonds is 5. The molecule has 3 aromatic rings. The molecule has 2 N–H and O–H groups in total. The second-order valence-corrected chi connectivity index (χ2v) is 7.53. The fraction of sp³-hybridized carbons (Fsp3) is 0.273. The number of ether oxygens (including phenoxy) is 2. The number of furan rings is 1. The predicted molar refractivity (Wildman–Crippen MR) is 112 cm³/mol. The van der Waals surface area contributed by atoms with Gasteiger partial charge in [-0.05, 0) is 24.3 Å². The van der Waals surface area contributed by atoms with Gasteiger partial charge in [-0.15, -0.1) is 0 Å². The third kappa shape index (κ3) is 4.18. The molecule has 3 rings (SSSR count). The summed E-state index contributed by atoms with van der Waals surface area (Å²) in [5.41, 5.74) is 0.659. The minimum absolute atomic E-state index is 0.0154. The van der Waals surface area contributed by atoms with E-state index in [2.05, 4.69) is 10.6 Å². The van der Waals surface area contributed by atoms with E-state index in [1.54, 1.807) is 64.3 Å². The summed E-state index contributed by atoms with van der Waals surface area (Å²) >= 11 is 0. The lowest BCUT2D eigenvalue weighted by Crippen LogP contribution is -2.28. The Morgan fingerprint density at radius 3 is 2.34 bits per heavy atom. The summed E-state index contributed by atoms with van der Waals surface area (Å²) in [6, 6.07) is 12.2. The Bertz CT molecular complexity index is 1060. The second-order valence-electron chi connectivity index (χ2n) is 7.53. The molecule has 1 aromatic heterocycles. The number of anilines is 2. The first-order chi connectivity index (χ1) is 13.7. The standard InChI is InChI=1S/C22H24N2O5/c1-22(2,3)21(26)24-18-14-8-6-7-9-16(14)29-19(18)20(25)23-15-11-10-13(27-4)12-17(15)28-5/h6-12H,1-5H3,(H,23,25)(H,24,26). The number of carbonyl (C=O) groups excluding carboxylic acids is 2. The molecule has 0 aliphatic rings. The number of benzene rings is 2. The maximum absolute atomic E-state index is 13.0. The van der Waals surface area contributed by atoms with Crippen LogP contribution in [0.2, 0.25) is 0 Å². The fourth-order valence-corrected chi connectivity index (χ4v) is 2.71. The van der Waals surface area contributed by atoms with Crippen LogP contribution in [0.25, 0.3) is 11.0 Å². The molecule has 0 radical (unpaired) electrons. The molecule has 0 aliphatic carbocycles. The van der Waals surface area contributed by atoms with Crippen molar-refractivity contribution in [2.75, 3.05) is 24.9 Å². The van der Waals surface area contributed by atoms with E-state index in [4.69, 9.17) is 13.9 Å². The van der Waals surface area contributed by atoms with Crippen LogP contribution >= 0.6 is 0 Å². The Morgan fingerprint density at radius 1 is 0.966 bits per heavy atom. The van der Waals surface area contributed by atoms with Crippen LogP contribution in [0.5, 0.6) is 11.5 Å². The molecule has 0 spiro atoms. The zero-order valence-electron chi connectivity index (χ0n) is 17.1. The molecule has 7 nitrogen and oxygen atoms in total. The van der Waals surface area contributed by atoms with E-state index in [-0.39, 0.29) is 11.7 Å². The second kappa shape index (κ2) is 7.87. The van der Waals surface area contributed by atoms with E-state index in [0.717, 1.165) is 0 Å². The molecule has 0 saturated heterocycles. The summed E-state index contributed by atoms with van der Waals surface area (Å²) in [4.78, 5) is 25.6. The normalized spacial score (nSPS) is 11.2. The van der Waals surface area contributed by atoms with Crippen molar-refractivity contribution in [1.29, 1.82) is 0 Å². The smallest absolute Gasteiger partial charge is 0.293 e. The highest BCUT2D eigenvalue weighted by Crippen LogP contribution is 2.34.